The van der Waals surface area contributed by atoms with Crippen molar-refractivity contribution in [2.75, 3.05) is 25.6 Å². The van der Waals surface area contributed by atoms with Crippen molar-refractivity contribution < 1.29 is 22.7 Å². The summed E-state index contributed by atoms with van der Waals surface area (Å²) in [6.45, 7) is 5.17. The molecule has 7 heteroatoms. The molecule has 1 fully saturated rings. The van der Waals surface area contributed by atoms with Crippen LogP contribution in [0.5, 0.6) is 0 Å². The zero-order valence-corrected chi connectivity index (χ0v) is 19.3. The minimum absolute atomic E-state index is 0.0601. The van der Waals surface area contributed by atoms with E-state index in [4.69, 9.17) is 4.74 Å². The largest absolute Gasteiger partial charge is 0.413 e. The van der Waals surface area contributed by atoms with Crippen molar-refractivity contribution in [1.82, 2.24) is 4.90 Å². The van der Waals surface area contributed by atoms with E-state index in [1.165, 1.54) is 30.3 Å². The molecule has 178 valence electrons. The summed E-state index contributed by atoms with van der Waals surface area (Å²) in [7, 11) is 1.25. The van der Waals surface area contributed by atoms with E-state index in [2.05, 4.69) is 31.3 Å². The van der Waals surface area contributed by atoms with Crippen molar-refractivity contribution >= 4 is 11.6 Å². The number of nitrogens with one attached hydrogen (secondary N) is 1. The van der Waals surface area contributed by atoms with Crippen LogP contribution in [0.15, 0.2) is 48.5 Å². The van der Waals surface area contributed by atoms with E-state index in [0.717, 1.165) is 17.0 Å². The average molecular weight is 461 g/mol. The minimum atomic E-state index is -4.57. The third-order valence-corrected chi connectivity index (χ3v) is 7.19. The van der Waals surface area contributed by atoms with Gasteiger partial charge < -0.3 is 15.0 Å². The minimum Gasteiger partial charge on any atom is -0.381 e. The third-order valence-electron chi connectivity index (χ3n) is 7.19. The Kier molecular flexibility index (Phi) is 6.45. The molecule has 2 atom stereocenters. The quantitative estimate of drug-likeness (QED) is 0.642. The van der Waals surface area contributed by atoms with Gasteiger partial charge in [-0.25, -0.2) is 0 Å². The lowest BCUT2D eigenvalue weighted by Gasteiger charge is -2.34. The molecule has 1 aliphatic heterocycles. The Morgan fingerprint density at radius 3 is 2.33 bits per heavy atom. The van der Waals surface area contributed by atoms with Gasteiger partial charge in [-0.05, 0) is 48.1 Å². The number of hydrogen-bond acceptors (Lipinski definition) is 3. The van der Waals surface area contributed by atoms with E-state index in [0.29, 0.717) is 26.1 Å². The first-order valence-corrected chi connectivity index (χ1v) is 11.4. The van der Waals surface area contributed by atoms with E-state index in [-0.39, 0.29) is 17.0 Å². The van der Waals surface area contributed by atoms with Crippen molar-refractivity contribution in [3.8, 4) is 0 Å². The summed E-state index contributed by atoms with van der Waals surface area (Å²) in [4.78, 5) is 13.7. The molecule has 2 aliphatic rings. The molecule has 2 aromatic carbocycles. The smallest absolute Gasteiger partial charge is 0.381 e. The zero-order valence-electron chi connectivity index (χ0n) is 19.3. The number of rotatable bonds is 5. The highest BCUT2D eigenvalue weighted by molar-refractivity contribution is 5.79. The van der Waals surface area contributed by atoms with Gasteiger partial charge >= 0.3 is 6.18 Å². The number of benzene rings is 2. The fraction of sp³-hybridized carbons (Fsp3) is 0.500. The van der Waals surface area contributed by atoms with Crippen LogP contribution in [-0.2, 0) is 21.4 Å². The molecule has 1 heterocycles. The monoisotopic (exact) mass is 460 g/mol. The van der Waals surface area contributed by atoms with E-state index >= 15 is 0 Å². The van der Waals surface area contributed by atoms with Crippen molar-refractivity contribution in [3.63, 3.8) is 0 Å². The lowest BCUT2D eigenvalue weighted by Crippen LogP contribution is -2.43. The second-order valence-corrected chi connectivity index (χ2v) is 9.68. The Hall–Kier alpha value is -2.54. The van der Waals surface area contributed by atoms with Gasteiger partial charge in [0.25, 0.3) is 0 Å². The molecule has 0 spiro atoms. The molecule has 0 radical (unpaired) electrons. The van der Waals surface area contributed by atoms with Crippen LogP contribution in [0.2, 0.25) is 0 Å². The number of halogens is 3. The third kappa shape index (κ3) is 4.74. The van der Waals surface area contributed by atoms with Gasteiger partial charge in [0, 0.05) is 43.3 Å². The van der Waals surface area contributed by atoms with Crippen molar-refractivity contribution in [3.05, 3.63) is 65.2 Å². The number of fused-ring (bicyclic) bond motifs is 1. The number of nitrogens with zero attached hydrogens (tertiary/aromatic N) is 1. The van der Waals surface area contributed by atoms with Crippen LogP contribution in [0, 0.1) is 5.92 Å². The van der Waals surface area contributed by atoms with Crippen LogP contribution < -0.4 is 5.32 Å². The summed E-state index contributed by atoms with van der Waals surface area (Å²) in [6, 6.07) is 12.8. The molecular weight excluding hydrogens is 429 g/mol. The highest BCUT2D eigenvalue weighted by Gasteiger charge is 2.46. The molecule has 33 heavy (non-hydrogen) atoms. The molecule has 0 saturated carbocycles. The SMILES string of the molecule is CN(C(=O)C1CCOCC1)C(c1ccc(NC2Cc3ccccc3C2(C)C)cc1)C(F)(F)F. The molecule has 4 nitrogen and oxygen atoms in total. The van der Waals surface area contributed by atoms with Crippen molar-refractivity contribution in [1.29, 1.82) is 0 Å². The predicted molar refractivity (Wildman–Crippen MR) is 122 cm³/mol. The first-order valence-electron chi connectivity index (χ1n) is 11.4. The molecule has 1 aliphatic carbocycles. The van der Waals surface area contributed by atoms with Crippen LogP contribution in [0.3, 0.4) is 0 Å². The molecule has 1 amide bonds. The molecule has 2 aromatic rings. The van der Waals surface area contributed by atoms with Crippen molar-refractivity contribution in [2.24, 2.45) is 5.92 Å². The summed E-state index contributed by atoms with van der Waals surface area (Å²) in [5.74, 6) is -0.908. The fourth-order valence-electron chi connectivity index (χ4n) is 5.18. The lowest BCUT2D eigenvalue weighted by molar-refractivity contribution is -0.191. The van der Waals surface area contributed by atoms with Gasteiger partial charge in [-0.15, -0.1) is 0 Å². The van der Waals surface area contributed by atoms with Crippen LogP contribution in [0.25, 0.3) is 0 Å². The Morgan fingerprint density at radius 2 is 1.73 bits per heavy atom. The van der Waals surface area contributed by atoms with E-state index in [9.17, 15) is 18.0 Å². The second-order valence-electron chi connectivity index (χ2n) is 9.68. The predicted octanol–water partition coefficient (Wildman–Crippen LogP) is 5.49. The van der Waals surface area contributed by atoms with Gasteiger partial charge in [0.2, 0.25) is 5.91 Å². The van der Waals surface area contributed by atoms with Crippen LogP contribution in [0.1, 0.15) is 49.4 Å². The Bertz CT molecular complexity index is 982. The molecule has 4 rings (SSSR count). The summed E-state index contributed by atoms with van der Waals surface area (Å²) in [5, 5.41) is 3.51. The number of carbonyl (C=O) groups excluding carboxylic acids is 1. The Morgan fingerprint density at radius 1 is 1.09 bits per heavy atom. The van der Waals surface area contributed by atoms with E-state index in [1.54, 1.807) is 12.1 Å². The maximum atomic E-state index is 14.0. The van der Waals surface area contributed by atoms with Gasteiger partial charge in [0.15, 0.2) is 6.04 Å². The van der Waals surface area contributed by atoms with Crippen LogP contribution in [0.4, 0.5) is 18.9 Å². The molecule has 1 N–H and O–H groups in total. The maximum absolute atomic E-state index is 14.0. The molecular formula is C26H31F3N2O2. The fourth-order valence-corrected chi connectivity index (χ4v) is 5.18. The number of ether oxygens (including phenoxy) is 1. The van der Waals surface area contributed by atoms with E-state index < -0.39 is 24.0 Å². The highest BCUT2D eigenvalue weighted by atomic mass is 19.4. The first-order chi connectivity index (χ1) is 15.6. The lowest BCUT2D eigenvalue weighted by atomic mass is 9.83. The highest BCUT2D eigenvalue weighted by Crippen LogP contribution is 2.41. The topological polar surface area (TPSA) is 41.6 Å². The van der Waals surface area contributed by atoms with Gasteiger partial charge in [0.05, 0.1) is 0 Å². The summed E-state index contributed by atoms with van der Waals surface area (Å²) in [5.41, 5.74) is 3.32. The molecule has 2 unspecified atom stereocenters. The molecule has 1 saturated heterocycles. The average Bonchev–Trinajstić information content (AvgIpc) is 3.04. The van der Waals surface area contributed by atoms with E-state index in [1.807, 2.05) is 12.1 Å². The summed E-state index contributed by atoms with van der Waals surface area (Å²) >= 11 is 0. The summed E-state index contributed by atoms with van der Waals surface area (Å²) in [6.07, 6.45) is -2.80. The number of anilines is 1. The first kappa shape index (κ1) is 23.6. The maximum Gasteiger partial charge on any atom is 0.413 e. The zero-order chi connectivity index (χ0) is 23.8. The summed E-state index contributed by atoms with van der Waals surface area (Å²) < 4.78 is 47.3. The number of amides is 1. The van der Waals surface area contributed by atoms with Gasteiger partial charge in [-0.3, -0.25) is 4.79 Å². The Balaban J connectivity index is 1.51. The standard InChI is InChI=1S/C26H31F3N2O2/c1-25(2)21-7-5-4-6-19(21)16-22(25)30-20-10-8-17(9-11-20)23(26(27,28)29)31(3)24(32)18-12-14-33-15-13-18/h4-11,18,22-23,30H,12-16H2,1-3H3. The van der Waals surface area contributed by atoms with Gasteiger partial charge in [-0.2, -0.15) is 13.2 Å². The number of carbonyl (C=O) groups is 1. The molecule has 0 bridgehead atoms. The van der Waals surface area contributed by atoms with Crippen molar-refractivity contribution in [2.45, 2.75) is 56.8 Å². The molecule has 0 aromatic heterocycles. The normalized spacial score (nSPS) is 21.3. The van der Waals surface area contributed by atoms with Crippen LogP contribution in [-0.4, -0.2) is 43.3 Å². The Labute approximate surface area is 193 Å². The number of hydrogen-bond donors (Lipinski definition) is 1. The van der Waals surface area contributed by atoms with Crippen LogP contribution >= 0.6 is 0 Å². The van der Waals surface area contributed by atoms with Gasteiger partial charge in [-0.1, -0.05) is 50.2 Å². The second kappa shape index (κ2) is 9.01. The van der Waals surface area contributed by atoms with Gasteiger partial charge in [0.1, 0.15) is 0 Å². The number of alkyl halides is 3.